The van der Waals surface area contributed by atoms with Gasteiger partial charge in [-0.2, -0.15) is 5.21 Å². The molecule has 1 saturated heterocycles. The first-order valence-electron chi connectivity index (χ1n) is 4.67. The Balaban J connectivity index is 1.67. The number of nitrogens with one attached hydrogen (secondary N) is 3. The molecular formula is C7H12N6OS. The van der Waals surface area contributed by atoms with Gasteiger partial charge >= 0.3 is 0 Å². The van der Waals surface area contributed by atoms with E-state index >= 15 is 0 Å². The largest absolute Gasteiger partial charge is 0.354 e. The van der Waals surface area contributed by atoms with Crippen LogP contribution in [0.2, 0.25) is 0 Å². The van der Waals surface area contributed by atoms with Crippen molar-refractivity contribution in [2.75, 3.05) is 18.2 Å². The maximum absolute atomic E-state index is 11.5. The van der Waals surface area contributed by atoms with Crippen molar-refractivity contribution in [2.24, 2.45) is 0 Å². The highest BCUT2D eigenvalue weighted by Crippen LogP contribution is 2.08. The number of hydrogen-bond acceptors (Lipinski definition) is 6. The van der Waals surface area contributed by atoms with Gasteiger partial charge in [-0.25, -0.2) is 0 Å². The first kappa shape index (κ1) is 10.4. The zero-order chi connectivity index (χ0) is 10.5. The summed E-state index contributed by atoms with van der Waals surface area (Å²) in [7, 11) is 0. The second-order valence-corrected chi connectivity index (χ2v) is 4.17. The lowest BCUT2D eigenvalue weighted by atomic mass is 10.3. The van der Waals surface area contributed by atoms with Crippen LogP contribution < -0.4 is 10.6 Å². The van der Waals surface area contributed by atoms with Crippen molar-refractivity contribution in [1.82, 2.24) is 31.3 Å². The third-order valence-electron chi connectivity index (χ3n) is 2.07. The minimum Gasteiger partial charge on any atom is -0.354 e. The Morgan fingerprint density at radius 2 is 2.60 bits per heavy atom. The monoisotopic (exact) mass is 228 g/mol. The van der Waals surface area contributed by atoms with Crippen LogP contribution in [0, 0.1) is 0 Å². The van der Waals surface area contributed by atoms with Crippen LogP contribution in [0.15, 0.2) is 0 Å². The van der Waals surface area contributed by atoms with Gasteiger partial charge in [0, 0.05) is 24.6 Å². The van der Waals surface area contributed by atoms with Crippen LogP contribution >= 0.6 is 11.8 Å². The molecule has 1 aliphatic heterocycles. The number of thioether (sulfide) groups is 1. The van der Waals surface area contributed by atoms with Crippen LogP contribution in [0.25, 0.3) is 0 Å². The summed E-state index contributed by atoms with van der Waals surface area (Å²) >= 11 is 1.73. The summed E-state index contributed by atoms with van der Waals surface area (Å²) in [4.78, 5) is 11.5. The fraction of sp³-hybridized carbons (Fsp3) is 0.714. The number of rotatable bonds is 4. The highest BCUT2D eigenvalue weighted by molar-refractivity contribution is 7.99. The fourth-order valence-electron chi connectivity index (χ4n) is 1.27. The van der Waals surface area contributed by atoms with Gasteiger partial charge in [-0.05, 0) is 0 Å². The molecule has 0 aromatic carbocycles. The molecule has 0 bridgehead atoms. The van der Waals surface area contributed by atoms with Gasteiger partial charge in [-0.1, -0.05) is 5.21 Å². The minimum atomic E-state index is -0.0553. The lowest BCUT2D eigenvalue weighted by Gasteiger charge is -2.08. The molecule has 7 nitrogen and oxygen atoms in total. The van der Waals surface area contributed by atoms with Gasteiger partial charge in [0.2, 0.25) is 5.91 Å². The molecule has 3 N–H and O–H groups in total. The molecule has 1 atom stereocenters. The van der Waals surface area contributed by atoms with E-state index in [9.17, 15) is 4.79 Å². The number of aromatic nitrogens is 4. The molecule has 1 amide bonds. The van der Waals surface area contributed by atoms with Gasteiger partial charge in [-0.15, -0.1) is 22.0 Å². The summed E-state index contributed by atoms with van der Waals surface area (Å²) in [6.45, 7) is 0.543. The Kier molecular flexibility index (Phi) is 3.51. The van der Waals surface area contributed by atoms with Crippen LogP contribution in [0.5, 0.6) is 0 Å². The van der Waals surface area contributed by atoms with E-state index in [0.29, 0.717) is 18.8 Å². The Hall–Kier alpha value is -1.15. The highest BCUT2D eigenvalue weighted by atomic mass is 32.2. The number of nitrogens with zero attached hydrogens (tertiary/aromatic N) is 3. The number of carbonyl (C=O) groups excluding carboxylic acids is 1. The molecule has 1 fully saturated rings. The summed E-state index contributed by atoms with van der Waals surface area (Å²) in [6.07, 6.45) is 0.599. The molecule has 0 saturated carbocycles. The molecule has 15 heavy (non-hydrogen) atoms. The second kappa shape index (κ2) is 5.08. The van der Waals surface area contributed by atoms with E-state index < -0.39 is 0 Å². The third-order valence-corrected chi connectivity index (χ3v) is 3.01. The molecule has 0 spiro atoms. The lowest BCUT2D eigenvalue weighted by Crippen LogP contribution is -2.42. The van der Waals surface area contributed by atoms with Crippen LogP contribution in [0.3, 0.4) is 0 Å². The van der Waals surface area contributed by atoms with Crippen molar-refractivity contribution in [2.45, 2.75) is 12.5 Å². The maximum atomic E-state index is 11.5. The summed E-state index contributed by atoms with van der Waals surface area (Å²) in [5.41, 5.74) is 0. The maximum Gasteiger partial charge on any atom is 0.238 e. The van der Waals surface area contributed by atoms with Crippen LogP contribution in [0.1, 0.15) is 5.82 Å². The molecule has 0 radical (unpaired) electrons. The Morgan fingerprint density at radius 1 is 1.67 bits per heavy atom. The molecule has 0 aliphatic carbocycles. The summed E-state index contributed by atoms with van der Waals surface area (Å²) in [6, 6.07) is -0.0553. The molecule has 8 heteroatoms. The fourth-order valence-corrected chi connectivity index (χ4v) is 2.21. The lowest BCUT2D eigenvalue weighted by molar-refractivity contribution is -0.122. The van der Waals surface area contributed by atoms with Crippen molar-refractivity contribution in [3.8, 4) is 0 Å². The third kappa shape index (κ3) is 2.90. The van der Waals surface area contributed by atoms with Crippen LogP contribution in [-0.2, 0) is 11.2 Å². The van der Waals surface area contributed by atoms with E-state index in [4.69, 9.17) is 0 Å². The predicted molar refractivity (Wildman–Crippen MR) is 55.1 cm³/mol. The quantitative estimate of drug-likeness (QED) is 0.582. The predicted octanol–water partition coefficient (Wildman–Crippen LogP) is -1.48. The highest BCUT2D eigenvalue weighted by Gasteiger charge is 2.21. The van der Waals surface area contributed by atoms with Crippen LogP contribution in [0.4, 0.5) is 0 Å². The first-order valence-corrected chi connectivity index (χ1v) is 5.83. The number of hydrogen-bond donors (Lipinski definition) is 3. The minimum absolute atomic E-state index is 0.0449. The zero-order valence-electron chi connectivity index (χ0n) is 8.06. The van der Waals surface area contributed by atoms with E-state index in [1.54, 1.807) is 11.8 Å². The molecule has 2 heterocycles. The van der Waals surface area contributed by atoms with Gasteiger partial charge in [0.15, 0.2) is 5.82 Å². The zero-order valence-corrected chi connectivity index (χ0v) is 8.88. The van der Waals surface area contributed by atoms with Crippen molar-refractivity contribution in [1.29, 1.82) is 0 Å². The molecule has 82 valence electrons. The van der Waals surface area contributed by atoms with E-state index in [-0.39, 0.29) is 11.9 Å². The standard InChI is InChI=1S/C7H12N6OS/c14-7(5-3-15-4-9-5)8-2-1-6-10-12-13-11-6/h5,9H,1-4H2,(H,8,14)(H,10,11,12,13). The second-order valence-electron chi connectivity index (χ2n) is 3.14. The van der Waals surface area contributed by atoms with E-state index in [1.165, 1.54) is 0 Å². The number of amides is 1. The van der Waals surface area contributed by atoms with Gasteiger partial charge in [0.1, 0.15) is 0 Å². The number of H-pyrrole nitrogens is 1. The van der Waals surface area contributed by atoms with Crippen molar-refractivity contribution in [3.05, 3.63) is 5.82 Å². The SMILES string of the molecule is O=C(NCCc1nn[nH]n1)C1CSCN1. The topological polar surface area (TPSA) is 95.6 Å². The molecule has 1 aromatic heterocycles. The van der Waals surface area contributed by atoms with E-state index in [0.717, 1.165) is 11.6 Å². The van der Waals surface area contributed by atoms with E-state index in [2.05, 4.69) is 31.3 Å². The van der Waals surface area contributed by atoms with Crippen molar-refractivity contribution in [3.63, 3.8) is 0 Å². The van der Waals surface area contributed by atoms with Gasteiger partial charge in [0.25, 0.3) is 0 Å². The van der Waals surface area contributed by atoms with Crippen molar-refractivity contribution >= 4 is 17.7 Å². The summed E-state index contributed by atoms with van der Waals surface area (Å²) < 4.78 is 0. The van der Waals surface area contributed by atoms with E-state index in [1.807, 2.05) is 0 Å². The summed E-state index contributed by atoms with van der Waals surface area (Å²) in [5.74, 6) is 2.35. The van der Waals surface area contributed by atoms with Gasteiger partial charge < -0.3 is 5.32 Å². The number of aromatic amines is 1. The molecule has 1 aromatic rings. The first-order chi connectivity index (χ1) is 7.36. The normalized spacial score (nSPS) is 20.4. The van der Waals surface area contributed by atoms with Crippen LogP contribution in [-0.4, -0.2) is 50.7 Å². The molecule has 1 unspecified atom stereocenters. The van der Waals surface area contributed by atoms with Gasteiger partial charge in [-0.3, -0.25) is 10.1 Å². The summed E-state index contributed by atoms with van der Waals surface area (Å²) in [5, 5.41) is 19.3. The Labute approximate surface area is 90.8 Å². The Morgan fingerprint density at radius 3 is 3.27 bits per heavy atom. The smallest absolute Gasteiger partial charge is 0.238 e. The number of tetrazole rings is 1. The molecular weight excluding hydrogens is 216 g/mol. The average molecular weight is 228 g/mol. The van der Waals surface area contributed by atoms with Crippen molar-refractivity contribution < 1.29 is 4.79 Å². The Bertz CT molecular complexity index is 309. The molecule has 2 rings (SSSR count). The average Bonchev–Trinajstić information content (AvgIpc) is 2.90. The van der Waals surface area contributed by atoms with Gasteiger partial charge in [0.05, 0.1) is 6.04 Å². The number of carbonyl (C=O) groups is 1. The molecule has 1 aliphatic rings.